The van der Waals surface area contributed by atoms with Crippen LogP contribution in [-0.2, 0) is 13.6 Å². The lowest BCUT2D eigenvalue weighted by Gasteiger charge is -2.27. The zero-order chi connectivity index (χ0) is 12.5. The molecule has 6 heteroatoms. The Labute approximate surface area is 122 Å². The summed E-state index contributed by atoms with van der Waals surface area (Å²) in [6, 6.07) is 6.35. The van der Waals surface area contributed by atoms with Gasteiger partial charge >= 0.3 is 4.87 Å². The molecule has 19 heavy (non-hydrogen) atoms. The Morgan fingerprint density at radius 2 is 2.05 bits per heavy atom. The van der Waals surface area contributed by atoms with Crippen LogP contribution in [0.2, 0.25) is 0 Å². The van der Waals surface area contributed by atoms with Gasteiger partial charge in [-0.25, -0.2) is 0 Å². The van der Waals surface area contributed by atoms with Gasteiger partial charge in [0.25, 0.3) is 0 Å². The average molecular weight is 300 g/mol. The Balaban J connectivity index is 0.00000133. The van der Waals surface area contributed by atoms with Gasteiger partial charge in [0.2, 0.25) is 0 Å². The highest BCUT2D eigenvalue weighted by atomic mass is 35.5. The maximum atomic E-state index is 11.6. The fourth-order valence-corrected chi connectivity index (χ4v) is 3.35. The summed E-state index contributed by atoms with van der Waals surface area (Å²) in [7, 11) is 1.83. The van der Waals surface area contributed by atoms with Crippen molar-refractivity contribution in [3.8, 4) is 0 Å². The molecule has 0 unspecified atom stereocenters. The van der Waals surface area contributed by atoms with Crippen LogP contribution < -0.4 is 10.2 Å². The van der Waals surface area contributed by atoms with E-state index in [-0.39, 0.29) is 17.3 Å². The average Bonchev–Trinajstić information content (AvgIpc) is 2.66. The molecule has 1 aromatic heterocycles. The molecule has 2 aromatic rings. The van der Waals surface area contributed by atoms with Gasteiger partial charge in [-0.3, -0.25) is 9.69 Å². The van der Waals surface area contributed by atoms with E-state index in [0.717, 1.165) is 42.9 Å². The summed E-state index contributed by atoms with van der Waals surface area (Å²) >= 11 is 1.33. The number of piperazine rings is 1. The van der Waals surface area contributed by atoms with Crippen LogP contribution in [0.3, 0.4) is 0 Å². The van der Waals surface area contributed by atoms with Crippen molar-refractivity contribution in [1.82, 2.24) is 14.8 Å². The molecule has 0 bridgehead atoms. The molecule has 1 aliphatic heterocycles. The summed E-state index contributed by atoms with van der Waals surface area (Å²) in [5.74, 6) is 0. The van der Waals surface area contributed by atoms with E-state index in [4.69, 9.17) is 0 Å². The van der Waals surface area contributed by atoms with Crippen LogP contribution in [0.5, 0.6) is 0 Å². The topological polar surface area (TPSA) is 37.3 Å². The van der Waals surface area contributed by atoms with Crippen molar-refractivity contribution in [2.45, 2.75) is 6.54 Å². The Morgan fingerprint density at radius 1 is 1.32 bits per heavy atom. The van der Waals surface area contributed by atoms with E-state index < -0.39 is 0 Å². The predicted molar refractivity (Wildman–Crippen MR) is 82.5 cm³/mol. The van der Waals surface area contributed by atoms with Crippen molar-refractivity contribution < 1.29 is 0 Å². The fraction of sp³-hybridized carbons (Fsp3) is 0.462. The predicted octanol–water partition coefficient (Wildman–Crippen LogP) is 1.43. The normalized spacial score (nSPS) is 16.5. The minimum absolute atomic E-state index is 0. The molecule has 1 N–H and O–H groups in total. The van der Waals surface area contributed by atoms with E-state index in [1.54, 1.807) is 4.57 Å². The molecule has 0 radical (unpaired) electrons. The quantitative estimate of drug-likeness (QED) is 0.911. The summed E-state index contributed by atoms with van der Waals surface area (Å²) < 4.78 is 2.81. The van der Waals surface area contributed by atoms with Crippen molar-refractivity contribution in [2.24, 2.45) is 7.05 Å². The Kier molecular flexibility index (Phi) is 4.62. The lowest BCUT2D eigenvalue weighted by Crippen LogP contribution is -2.42. The third kappa shape index (κ3) is 3.00. The number of hydrogen-bond acceptors (Lipinski definition) is 4. The number of nitrogens with one attached hydrogen (secondary N) is 1. The highest BCUT2D eigenvalue weighted by Gasteiger charge is 2.11. The van der Waals surface area contributed by atoms with E-state index in [1.807, 2.05) is 7.05 Å². The van der Waals surface area contributed by atoms with E-state index in [0.29, 0.717) is 0 Å². The number of hydrogen-bond donors (Lipinski definition) is 1. The highest BCUT2D eigenvalue weighted by molar-refractivity contribution is 7.16. The Morgan fingerprint density at radius 3 is 2.79 bits per heavy atom. The molecule has 1 fully saturated rings. The van der Waals surface area contributed by atoms with Gasteiger partial charge < -0.3 is 9.88 Å². The second-order valence-corrected chi connectivity index (χ2v) is 5.75. The monoisotopic (exact) mass is 299 g/mol. The maximum Gasteiger partial charge on any atom is 0.307 e. The van der Waals surface area contributed by atoms with Gasteiger partial charge in [-0.05, 0) is 17.7 Å². The van der Waals surface area contributed by atoms with Crippen LogP contribution in [0.25, 0.3) is 10.2 Å². The third-order valence-corrected chi connectivity index (χ3v) is 4.47. The van der Waals surface area contributed by atoms with Gasteiger partial charge in [0.15, 0.2) is 0 Å². The van der Waals surface area contributed by atoms with E-state index in [2.05, 4.69) is 28.4 Å². The smallest absolute Gasteiger partial charge is 0.307 e. The molecular weight excluding hydrogens is 282 g/mol. The van der Waals surface area contributed by atoms with E-state index in [1.165, 1.54) is 16.9 Å². The van der Waals surface area contributed by atoms with Crippen LogP contribution >= 0.6 is 23.7 Å². The van der Waals surface area contributed by atoms with Gasteiger partial charge in [0.1, 0.15) is 0 Å². The number of halogens is 1. The van der Waals surface area contributed by atoms with Gasteiger partial charge in [0, 0.05) is 39.8 Å². The molecule has 1 saturated heterocycles. The van der Waals surface area contributed by atoms with Crippen molar-refractivity contribution in [1.29, 1.82) is 0 Å². The molecule has 0 saturated carbocycles. The van der Waals surface area contributed by atoms with Gasteiger partial charge in [-0.2, -0.15) is 0 Å². The fourth-order valence-electron chi connectivity index (χ4n) is 2.40. The van der Waals surface area contributed by atoms with Crippen molar-refractivity contribution >= 4 is 34.0 Å². The first-order valence-corrected chi connectivity index (χ1v) is 7.07. The number of benzene rings is 1. The summed E-state index contributed by atoms with van der Waals surface area (Å²) in [5, 5.41) is 3.36. The maximum absolute atomic E-state index is 11.6. The minimum Gasteiger partial charge on any atom is -0.314 e. The van der Waals surface area contributed by atoms with Gasteiger partial charge in [0.05, 0.1) is 10.2 Å². The first kappa shape index (κ1) is 14.5. The van der Waals surface area contributed by atoms with E-state index in [9.17, 15) is 4.79 Å². The van der Waals surface area contributed by atoms with Crippen molar-refractivity contribution in [2.75, 3.05) is 26.2 Å². The molecule has 0 amide bonds. The van der Waals surface area contributed by atoms with Crippen LogP contribution in [0, 0.1) is 0 Å². The number of aryl methyl sites for hydroxylation is 1. The lowest BCUT2D eigenvalue weighted by molar-refractivity contribution is 0.233. The molecule has 104 valence electrons. The summed E-state index contributed by atoms with van der Waals surface area (Å²) in [5.41, 5.74) is 2.33. The van der Waals surface area contributed by atoms with Crippen molar-refractivity contribution in [3.05, 3.63) is 33.4 Å². The third-order valence-electron chi connectivity index (χ3n) is 3.47. The zero-order valence-corrected chi connectivity index (χ0v) is 12.5. The Bertz CT molecular complexity index is 616. The summed E-state index contributed by atoms with van der Waals surface area (Å²) in [6.07, 6.45) is 0. The molecule has 3 rings (SSSR count). The largest absolute Gasteiger partial charge is 0.314 e. The number of thiazole rings is 1. The number of aromatic nitrogens is 1. The van der Waals surface area contributed by atoms with Gasteiger partial charge in [-0.1, -0.05) is 17.4 Å². The molecule has 1 aliphatic rings. The van der Waals surface area contributed by atoms with Crippen molar-refractivity contribution in [3.63, 3.8) is 0 Å². The SMILES string of the molecule is Cl.Cn1c(=O)sc2cc(CN3CCNCC3)ccc21. The van der Waals surface area contributed by atoms with Gasteiger partial charge in [-0.15, -0.1) is 12.4 Å². The molecule has 0 aliphatic carbocycles. The second-order valence-electron chi connectivity index (χ2n) is 4.76. The zero-order valence-electron chi connectivity index (χ0n) is 10.9. The molecular formula is C13H18ClN3OS. The van der Waals surface area contributed by atoms with Crippen LogP contribution in [0.1, 0.15) is 5.56 Å². The number of nitrogens with zero attached hydrogens (tertiary/aromatic N) is 2. The van der Waals surface area contributed by atoms with Crippen LogP contribution in [0.15, 0.2) is 23.0 Å². The summed E-state index contributed by atoms with van der Waals surface area (Å²) in [6.45, 7) is 5.32. The summed E-state index contributed by atoms with van der Waals surface area (Å²) in [4.78, 5) is 14.2. The van der Waals surface area contributed by atoms with Crippen LogP contribution in [0.4, 0.5) is 0 Å². The first-order valence-electron chi connectivity index (χ1n) is 6.25. The second kappa shape index (κ2) is 6.05. The number of fused-ring (bicyclic) bond motifs is 1. The Hall–Kier alpha value is -0.880. The number of rotatable bonds is 2. The molecule has 4 nitrogen and oxygen atoms in total. The van der Waals surface area contributed by atoms with Crippen LogP contribution in [-0.4, -0.2) is 35.6 Å². The standard InChI is InChI=1S/C13H17N3OS.ClH/c1-15-11-3-2-10(8-12(11)18-13(15)17)9-16-6-4-14-5-7-16;/h2-3,8,14H,4-7,9H2,1H3;1H. The molecule has 2 heterocycles. The molecule has 0 atom stereocenters. The van der Waals surface area contributed by atoms with E-state index >= 15 is 0 Å². The minimum atomic E-state index is 0. The molecule has 1 aromatic carbocycles. The lowest BCUT2D eigenvalue weighted by atomic mass is 10.2. The first-order chi connectivity index (χ1) is 8.74. The highest BCUT2D eigenvalue weighted by Crippen LogP contribution is 2.19. The molecule has 0 spiro atoms.